The Morgan fingerprint density at radius 3 is 2.54 bits per heavy atom. The molecule has 2 unspecified atom stereocenters. The van der Waals surface area contributed by atoms with Crippen molar-refractivity contribution in [2.75, 3.05) is 37.1 Å². The Morgan fingerprint density at radius 1 is 1.15 bits per heavy atom. The van der Waals surface area contributed by atoms with E-state index >= 15 is 0 Å². The van der Waals surface area contributed by atoms with Gasteiger partial charge in [0.1, 0.15) is 5.75 Å². The van der Waals surface area contributed by atoms with Crippen LogP contribution in [0.5, 0.6) is 5.75 Å². The van der Waals surface area contributed by atoms with Gasteiger partial charge in [0.05, 0.1) is 32.6 Å². The molecule has 1 saturated carbocycles. The maximum atomic E-state index is 14.6. The van der Waals surface area contributed by atoms with Gasteiger partial charge in [0.15, 0.2) is 11.6 Å². The zero-order chi connectivity index (χ0) is 29.3. The number of carbonyl (C=O) groups excluding carboxylic acids is 1. The lowest BCUT2D eigenvalue weighted by Crippen LogP contribution is -2.49. The molecule has 2 aliphatic rings. The summed E-state index contributed by atoms with van der Waals surface area (Å²) in [7, 11) is 0. The normalized spacial score (nSPS) is 21.5. The lowest BCUT2D eigenvalue weighted by Gasteiger charge is -2.42. The van der Waals surface area contributed by atoms with Crippen LogP contribution in [0.3, 0.4) is 0 Å². The molecule has 2 fully saturated rings. The monoisotopic (exact) mass is 571 g/mol. The fourth-order valence-corrected chi connectivity index (χ4v) is 4.75. The zero-order valence-electron chi connectivity index (χ0n) is 24.2. The van der Waals surface area contributed by atoms with Gasteiger partial charge in [0.25, 0.3) is 5.97 Å². The fraction of sp³-hybridized carbons (Fsp3) is 0.567. The Bertz CT molecular complexity index is 1150. The van der Waals surface area contributed by atoms with Crippen molar-refractivity contribution < 1.29 is 28.1 Å². The van der Waals surface area contributed by atoms with Crippen molar-refractivity contribution in [3.63, 3.8) is 0 Å². The van der Waals surface area contributed by atoms with E-state index in [1.54, 1.807) is 0 Å². The number of ether oxygens (including phenoxy) is 4. The number of anilines is 3. The number of hydrogen-bond donors (Lipinski definition) is 3. The van der Waals surface area contributed by atoms with Gasteiger partial charge < -0.3 is 34.9 Å². The first-order valence-corrected chi connectivity index (χ1v) is 14.3. The number of aromatic nitrogens is 2. The van der Waals surface area contributed by atoms with Gasteiger partial charge in [-0.3, -0.25) is 4.79 Å². The van der Waals surface area contributed by atoms with Crippen molar-refractivity contribution in [2.45, 2.75) is 77.4 Å². The number of nitrogens with zero attached hydrogens (tertiary/aromatic N) is 2. The van der Waals surface area contributed by atoms with Crippen molar-refractivity contribution in [3.05, 3.63) is 48.9 Å². The summed E-state index contributed by atoms with van der Waals surface area (Å²) in [6.45, 7) is 11.8. The Morgan fingerprint density at radius 2 is 1.85 bits per heavy atom. The van der Waals surface area contributed by atoms with E-state index in [-0.39, 0.29) is 35.2 Å². The molecule has 224 valence electrons. The molecule has 41 heavy (non-hydrogen) atoms. The molecule has 0 spiro atoms. The second-order valence-electron chi connectivity index (χ2n) is 11.2. The summed E-state index contributed by atoms with van der Waals surface area (Å²) in [6, 6.07) is 7.08. The average molecular weight is 572 g/mol. The molecule has 3 N–H and O–H groups in total. The van der Waals surface area contributed by atoms with Crippen LogP contribution in [0.25, 0.3) is 0 Å². The highest BCUT2D eigenvalue weighted by Crippen LogP contribution is 2.32. The molecular weight excluding hydrogens is 529 g/mol. The first-order chi connectivity index (χ1) is 19.7. The topological polar surface area (TPSA) is 116 Å². The van der Waals surface area contributed by atoms with Crippen molar-refractivity contribution in [3.8, 4) is 5.75 Å². The summed E-state index contributed by atoms with van der Waals surface area (Å²) in [6.07, 6.45) is 7.24. The van der Waals surface area contributed by atoms with E-state index < -0.39 is 11.8 Å². The Labute approximate surface area is 241 Å². The third-order valence-electron chi connectivity index (χ3n) is 7.13. The maximum absolute atomic E-state index is 14.6. The largest absolute Gasteiger partial charge is 0.494 e. The number of hydrogen-bond acceptors (Lipinski definition) is 9. The molecule has 1 saturated heterocycles. The Hall–Kier alpha value is -3.28. The minimum atomic E-state index is -0.972. The summed E-state index contributed by atoms with van der Waals surface area (Å²) in [4.78, 5) is 20.2. The van der Waals surface area contributed by atoms with Crippen LogP contribution in [-0.4, -0.2) is 60.4 Å². The van der Waals surface area contributed by atoms with E-state index in [0.29, 0.717) is 45.0 Å². The average Bonchev–Trinajstić information content (AvgIpc) is 2.97. The molecule has 1 aliphatic carbocycles. The minimum Gasteiger partial charge on any atom is -0.494 e. The summed E-state index contributed by atoms with van der Waals surface area (Å²) in [5.74, 6) is -0.722. The van der Waals surface area contributed by atoms with Gasteiger partial charge in [-0.25, -0.2) is 9.37 Å². The molecule has 2 atom stereocenters. The Balaban J connectivity index is 1.24. The lowest BCUT2D eigenvalue weighted by molar-refractivity contribution is -0.418. The molecule has 1 amide bonds. The van der Waals surface area contributed by atoms with Crippen LogP contribution in [0, 0.1) is 11.2 Å². The minimum absolute atomic E-state index is 0.0155. The first-order valence-electron chi connectivity index (χ1n) is 14.3. The van der Waals surface area contributed by atoms with Crippen LogP contribution >= 0.6 is 0 Å². The zero-order valence-corrected chi connectivity index (χ0v) is 24.2. The standard InChI is InChI=1S/C30H42FN5O5/c1-5-26(37)34-24-10-7-8-11-25(24)35-27-23(31)18-32-28(36-27)33-21-12-14-22(15-13-21)38-16-9-17-39-30(6-2)40-19-29(3,4)20-41-30/h5,12-15,18,24-25H,1,6-11,16-17,19-20H2,2-4H3,(H,34,37)(H2,32,33,35,36). The van der Waals surface area contributed by atoms with E-state index in [2.05, 4.69) is 46.3 Å². The lowest BCUT2D eigenvalue weighted by atomic mass is 9.90. The van der Waals surface area contributed by atoms with E-state index in [1.807, 2.05) is 31.2 Å². The predicted octanol–water partition coefficient (Wildman–Crippen LogP) is 5.31. The van der Waals surface area contributed by atoms with Crippen LogP contribution in [-0.2, 0) is 19.0 Å². The van der Waals surface area contributed by atoms with Gasteiger partial charge >= 0.3 is 0 Å². The second-order valence-corrected chi connectivity index (χ2v) is 11.2. The molecule has 11 heteroatoms. The van der Waals surface area contributed by atoms with Gasteiger partial charge in [-0.1, -0.05) is 40.2 Å². The van der Waals surface area contributed by atoms with Crippen molar-refractivity contribution in [1.82, 2.24) is 15.3 Å². The molecule has 4 rings (SSSR count). The van der Waals surface area contributed by atoms with Gasteiger partial charge in [0.2, 0.25) is 11.9 Å². The molecular formula is C30H42FN5O5. The van der Waals surface area contributed by atoms with Crippen molar-refractivity contribution in [1.29, 1.82) is 0 Å². The molecule has 0 radical (unpaired) electrons. The number of nitrogens with one attached hydrogen (secondary N) is 3. The summed E-state index contributed by atoms with van der Waals surface area (Å²) < 4.78 is 38.1. The van der Waals surface area contributed by atoms with Crippen LogP contribution in [0.4, 0.5) is 21.8 Å². The van der Waals surface area contributed by atoms with Crippen molar-refractivity contribution in [2.24, 2.45) is 5.41 Å². The third-order valence-corrected chi connectivity index (χ3v) is 7.13. The number of halogens is 1. The number of amides is 1. The number of carbonyl (C=O) groups is 1. The fourth-order valence-electron chi connectivity index (χ4n) is 4.75. The van der Waals surface area contributed by atoms with E-state index in [4.69, 9.17) is 18.9 Å². The van der Waals surface area contributed by atoms with Gasteiger partial charge in [-0.05, 0) is 43.2 Å². The highest BCUT2D eigenvalue weighted by atomic mass is 19.1. The Kier molecular flexibility index (Phi) is 10.5. The smallest absolute Gasteiger partial charge is 0.282 e. The molecule has 0 bridgehead atoms. The van der Waals surface area contributed by atoms with Gasteiger partial charge in [-0.15, -0.1) is 0 Å². The molecule has 2 aromatic rings. The van der Waals surface area contributed by atoms with Crippen LogP contribution in [0.2, 0.25) is 0 Å². The second kappa shape index (κ2) is 14.1. The maximum Gasteiger partial charge on any atom is 0.282 e. The van der Waals surface area contributed by atoms with Crippen LogP contribution < -0.4 is 20.7 Å². The summed E-state index contributed by atoms with van der Waals surface area (Å²) in [5.41, 5.74) is 0.713. The van der Waals surface area contributed by atoms with Gasteiger partial charge in [0, 0.05) is 36.0 Å². The molecule has 1 aromatic carbocycles. The predicted molar refractivity (Wildman–Crippen MR) is 154 cm³/mol. The van der Waals surface area contributed by atoms with E-state index in [0.717, 1.165) is 37.6 Å². The summed E-state index contributed by atoms with van der Waals surface area (Å²) >= 11 is 0. The highest BCUT2D eigenvalue weighted by Gasteiger charge is 2.40. The number of rotatable bonds is 13. The quantitative estimate of drug-likeness (QED) is 0.217. The highest BCUT2D eigenvalue weighted by molar-refractivity contribution is 5.87. The van der Waals surface area contributed by atoms with Crippen molar-refractivity contribution >= 4 is 23.4 Å². The SMILES string of the molecule is C=CC(=O)NC1CCCCC1Nc1nc(Nc2ccc(OCCCOC3(CC)OCC(C)(C)CO3)cc2)ncc1F. The van der Waals surface area contributed by atoms with Gasteiger partial charge in [-0.2, -0.15) is 4.98 Å². The molecule has 1 aromatic heterocycles. The molecule has 10 nitrogen and oxygen atoms in total. The van der Waals surface area contributed by atoms with E-state index in [9.17, 15) is 9.18 Å². The van der Waals surface area contributed by atoms with Crippen LogP contribution in [0.1, 0.15) is 59.3 Å². The molecule has 1 aliphatic heterocycles. The molecule has 2 heterocycles. The van der Waals surface area contributed by atoms with E-state index in [1.165, 1.54) is 6.08 Å². The first kappa shape index (κ1) is 30.7. The summed E-state index contributed by atoms with van der Waals surface area (Å²) in [5, 5.41) is 9.20. The number of benzene rings is 1. The third kappa shape index (κ3) is 8.85. The van der Waals surface area contributed by atoms with Crippen LogP contribution in [0.15, 0.2) is 43.1 Å².